The maximum absolute atomic E-state index is 12.1. The average Bonchev–Trinajstić information content (AvgIpc) is 2.75. The van der Waals surface area contributed by atoms with Gasteiger partial charge in [0.05, 0.1) is 16.7 Å². The van der Waals surface area contributed by atoms with Crippen molar-refractivity contribution in [3.05, 3.63) is 16.1 Å². The second-order valence-electron chi connectivity index (χ2n) is 4.24. The molecule has 0 aliphatic carbocycles. The van der Waals surface area contributed by atoms with Gasteiger partial charge in [0.15, 0.2) is 0 Å². The number of aromatic nitrogens is 1. The summed E-state index contributed by atoms with van der Waals surface area (Å²) in [6.45, 7) is 5.17. The zero-order valence-electron chi connectivity index (χ0n) is 9.98. The summed E-state index contributed by atoms with van der Waals surface area (Å²) in [4.78, 5) is 18.2. The summed E-state index contributed by atoms with van der Waals surface area (Å²) >= 11 is 1.59. The number of amides is 1. The highest BCUT2D eigenvalue weighted by Gasteiger charge is 2.23. The number of thiazole rings is 1. The van der Waals surface area contributed by atoms with Crippen molar-refractivity contribution >= 4 is 17.2 Å². The van der Waals surface area contributed by atoms with E-state index in [0.717, 1.165) is 36.9 Å². The lowest BCUT2D eigenvalue weighted by atomic mass is 10.1. The fourth-order valence-corrected chi connectivity index (χ4v) is 2.56. The van der Waals surface area contributed by atoms with Crippen LogP contribution in [0.2, 0.25) is 0 Å². The molecule has 0 aromatic carbocycles. The third-order valence-electron chi connectivity index (χ3n) is 2.84. The third-order valence-corrected chi connectivity index (χ3v) is 3.66. The van der Waals surface area contributed by atoms with Crippen molar-refractivity contribution in [2.24, 2.45) is 5.73 Å². The van der Waals surface area contributed by atoms with Crippen LogP contribution in [-0.2, 0) is 11.2 Å². The first-order valence-electron chi connectivity index (χ1n) is 5.83. The van der Waals surface area contributed by atoms with Crippen molar-refractivity contribution < 1.29 is 4.79 Å². The Hall–Kier alpha value is -0.980. The van der Waals surface area contributed by atoms with Gasteiger partial charge in [0.1, 0.15) is 0 Å². The third kappa shape index (κ3) is 3.24. The molecule has 1 amide bonds. The van der Waals surface area contributed by atoms with Crippen molar-refractivity contribution in [1.29, 1.82) is 0 Å². The van der Waals surface area contributed by atoms with Gasteiger partial charge in [-0.1, -0.05) is 0 Å². The molecule has 2 rings (SSSR count). The molecule has 1 fully saturated rings. The largest absolute Gasteiger partial charge is 0.339 e. The minimum atomic E-state index is -0.463. The summed E-state index contributed by atoms with van der Waals surface area (Å²) in [5.74, 6) is 0.0390. The summed E-state index contributed by atoms with van der Waals surface area (Å²) in [7, 11) is 0. The van der Waals surface area contributed by atoms with Crippen LogP contribution in [0, 0.1) is 6.92 Å². The molecule has 6 heteroatoms. The minimum Gasteiger partial charge on any atom is -0.339 e. The highest BCUT2D eigenvalue weighted by Crippen LogP contribution is 2.10. The van der Waals surface area contributed by atoms with Gasteiger partial charge in [-0.25, -0.2) is 4.98 Å². The van der Waals surface area contributed by atoms with E-state index < -0.39 is 6.04 Å². The molecule has 1 aliphatic heterocycles. The Balaban J connectivity index is 1.90. The van der Waals surface area contributed by atoms with Gasteiger partial charge >= 0.3 is 0 Å². The van der Waals surface area contributed by atoms with E-state index in [-0.39, 0.29) is 5.91 Å². The molecular formula is C11H18N4OS. The van der Waals surface area contributed by atoms with E-state index in [9.17, 15) is 4.79 Å². The molecule has 1 unspecified atom stereocenters. The Morgan fingerprint density at radius 2 is 2.35 bits per heavy atom. The van der Waals surface area contributed by atoms with E-state index in [1.165, 1.54) is 0 Å². The van der Waals surface area contributed by atoms with Crippen LogP contribution in [0.3, 0.4) is 0 Å². The number of hydrogen-bond donors (Lipinski definition) is 2. The normalized spacial score (nSPS) is 18.1. The smallest absolute Gasteiger partial charge is 0.239 e. The van der Waals surface area contributed by atoms with Crippen LogP contribution < -0.4 is 11.1 Å². The fraction of sp³-hybridized carbons (Fsp3) is 0.636. The summed E-state index contributed by atoms with van der Waals surface area (Å²) in [5, 5.41) is 6.20. The number of carbonyl (C=O) groups excluding carboxylic acids is 1. The Morgan fingerprint density at radius 3 is 2.94 bits per heavy atom. The van der Waals surface area contributed by atoms with E-state index in [4.69, 9.17) is 5.73 Å². The molecule has 5 nitrogen and oxygen atoms in total. The van der Waals surface area contributed by atoms with Gasteiger partial charge < -0.3 is 16.0 Å². The minimum absolute atomic E-state index is 0.0390. The van der Waals surface area contributed by atoms with Gasteiger partial charge in [-0.2, -0.15) is 0 Å². The van der Waals surface area contributed by atoms with Gasteiger partial charge in [-0.05, 0) is 6.92 Å². The number of carbonyl (C=O) groups is 1. The molecule has 1 aliphatic rings. The van der Waals surface area contributed by atoms with Crippen molar-refractivity contribution in [3.8, 4) is 0 Å². The fourth-order valence-electron chi connectivity index (χ4n) is 1.93. The predicted octanol–water partition coefficient (Wildman–Crippen LogP) is -0.247. The van der Waals surface area contributed by atoms with Crippen LogP contribution in [0.4, 0.5) is 0 Å². The van der Waals surface area contributed by atoms with Crippen LogP contribution in [0.5, 0.6) is 0 Å². The zero-order valence-corrected chi connectivity index (χ0v) is 10.8. The van der Waals surface area contributed by atoms with Gasteiger partial charge in [-0.3, -0.25) is 4.79 Å². The molecule has 1 saturated heterocycles. The Labute approximate surface area is 105 Å². The SMILES string of the molecule is Cc1nc(CC(N)C(=O)N2CCNCC2)cs1. The van der Waals surface area contributed by atoms with Crippen molar-refractivity contribution in [2.75, 3.05) is 26.2 Å². The molecule has 0 bridgehead atoms. The Bertz CT molecular complexity index is 387. The van der Waals surface area contributed by atoms with Crippen molar-refractivity contribution in [3.63, 3.8) is 0 Å². The first-order chi connectivity index (χ1) is 8.16. The van der Waals surface area contributed by atoms with Crippen LogP contribution in [0.15, 0.2) is 5.38 Å². The van der Waals surface area contributed by atoms with Crippen molar-refractivity contribution in [2.45, 2.75) is 19.4 Å². The van der Waals surface area contributed by atoms with Crippen LogP contribution in [0.25, 0.3) is 0 Å². The van der Waals surface area contributed by atoms with Crippen LogP contribution in [-0.4, -0.2) is 48.0 Å². The molecule has 94 valence electrons. The van der Waals surface area contributed by atoms with E-state index in [2.05, 4.69) is 10.3 Å². The standard InChI is InChI=1S/C11H18N4OS/c1-8-14-9(7-17-8)6-10(12)11(16)15-4-2-13-3-5-15/h7,10,13H,2-6,12H2,1H3. The van der Waals surface area contributed by atoms with E-state index in [1.54, 1.807) is 11.3 Å². The highest BCUT2D eigenvalue weighted by molar-refractivity contribution is 7.09. The van der Waals surface area contributed by atoms with Gasteiger partial charge in [0.25, 0.3) is 0 Å². The van der Waals surface area contributed by atoms with Crippen LogP contribution in [0.1, 0.15) is 10.7 Å². The molecule has 1 aromatic heterocycles. The van der Waals surface area contributed by atoms with Crippen LogP contribution >= 0.6 is 11.3 Å². The number of nitrogens with zero attached hydrogens (tertiary/aromatic N) is 2. The van der Waals surface area contributed by atoms with E-state index >= 15 is 0 Å². The number of hydrogen-bond acceptors (Lipinski definition) is 5. The number of nitrogens with one attached hydrogen (secondary N) is 1. The van der Waals surface area contributed by atoms with Crippen molar-refractivity contribution in [1.82, 2.24) is 15.2 Å². The molecule has 17 heavy (non-hydrogen) atoms. The maximum atomic E-state index is 12.1. The molecule has 1 aromatic rings. The monoisotopic (exact) mass is 254 g/mol. The zero-order chi connectivity index (χ0) is 12.3. The summed E-state index contributed by atoms with van der Waals surface area (Å²) in [6, 6.07) is -0.463. The topological polar surface area (TPSA) is 71.2 Å². The Morgan fingerprint density at radius 1 is 1.65 bits per heavy atom. The molecule has 1 atom stereocenters. The molecule has 0 saturated carbocycles. The predicted molar refractivity (Wildman–Crippen MR) is 68.0 cm³/mol. The Kier molecular flexibility index (Phi) is 4.09. The first kappa shape index (κ1) is 12.5. The van der Waals surface area contributed by atoms with Gasteiger partial charge in [0.2, 0.25) is 5.91 Å². The number of nitrogens with two attached hydrogens (primary N) is 1. The second kappa shape index (κ2) is 5.57. The first-order valence-corrected chi connectivity index (χ1v) is 6.71. The number of piperazine rings is 1. The molecular weight excluding hydrogens is 236 g/mol. The lowest BCUT2D eigenvalue weighted by molar-refractivity contribution is -0.133. The van der Waals surface area contributed by atoms with E-state index in [0.29, 0.717) is 6.42 Å². The molecule has 3 N–H and O–H groups in total. The second-order valence-corrected chi connectivity index (χ2v) is 5.31. The highest BCUT2D eigenvalue weighted by atomic mass is 32.1. The van der Waals surface area contributed by atoms with Gasteiger partial charge in [0, 0.05) is 38.0 Å². The maximum Gasteiger partial charge on any atom is 0.239 e. The summed E-state index contributed by atoms with van der Waals surface area (Å²) in [6.07, 6.45) is 0.535. The average molecular weight is 254 g/mol. The number of aryl methyl sites for hydroxylation is 1. The van der Waals surface area contributed by atoms with Gasteiger partial charge in [-0.15, -0.1) is 11.3 Å². The summed E-state index contributed by atoms with van der Waals surface area (Å²) in [5.41, 5.74) is 6.86. The lowest BCUT2D eigenvalue weighted by Crippen LogP contribution is -2.52. The lowest BCUT2D eigenvalue weighted by Gasteiger charge is -2.29. The molecule has 0 radical (unpaired) electrons. The summed E-state index contributed by atoms with van der Waals surface area (Å²) < 4.78 is 0. The molecule has 0 spiro atoms. The quantitative estimate of drug-likeness (QED) is 0.780. The molecule has 2 heterocycles. The van der Waals surface area contributed by atoms with E-state index in [1.807, 2.05) is 17.2 Å². The number of rotatable bonds is 3.